The van der Waals surface area contributed by atoms with E-state index in [1.165, 1.54) is 10.8 Å². The SMILES string of the molecule is C[C@@H](NC(=O)c1cc(C2CC2)nc2ncnn12)c1ccn(C)n1. The first-order valence-electron chi connectivity index (χ1n) is 7.63. The summed E-state index contributed by atoms with van der Waals surface area (Å²) in [5.74, 6) is 0.699. The summed E-state index contributed by atoms with van der Waals surface area (Å²) in [7, 11) is 1.85. The highest BCUT2D eigenvalue weighted by atomic mass is 16.2. The molecule has 0 unspecified atom stereocenters. The average molecular weight is 311 g/mol. The van der Waals surface area contributed by atoms with E-state index in [1.807, 2.05) is 32.3 Å². The van der Waals surface area contributed by atoms with E-state index >= 15 is 0 Å². The first-order valence-corrected chi connectivity index (χ1v) is 7.63. The van der Waals surface area contributed by atoms with E-state index in [1.54, 1.807) is 4.68 Å². The molecular weight excluding hydrogens is 294 g/mol. The Balaban J connectivity index is 1.64. The number of fused-ring (bicyclic) bond motifs is 1. The van der Waals surface area contributed by atoms with Gasteiger partial charge in [0.1, 0.15) is 12.0 Å². The quantitative estimate of drug-likeness (QED) is 0.782. The Kier molecular flexibility index (Phi) is 3.10. The van der Waals surface area contributed by atoms with Crippen molar-refractivity contribution in [3.8, 4) is 0 Å². The first-order chi connectivity index (χ1) is 11.1. The van der Waals surface area contributed by atoms with E-state index in [2.05, 4.69) is 25.5 Å². The highest BCUT2D eigenvalue weighted by Crippen LogP contribution is 2.39. The molecule has 4 rings (SSSR count). The highest BCUT2D eigenvalue weighted by molar-refractivity contribution is 5.93. The van der Waals surface area contributed by atoms with Crippen molar-refractivity contribution < 1.29 is 4.79 Å². The van der Waals surface area contributed by atoms with Crippen LogP contribution in [-0.2, 0) is 7.05 Å². The van der Waals surface area contributed by atoms with Gasteiger partial charge in [0.05, 0.1) is 11.7 Å². The van der Waals surface area contributed by atoms with Gasteiger partial charge in [0.2, 0.25) is 0 Å². The molecule has 0 aliphatic heterocycles. The molecule has 0 aromatic carbocycles. The Labute approximate surface area is 132 Å². The fraction of sp³-hybridized carbons (Fsp3) is 0.400. The van der Waals surface area contributed by atoms with Crippen LogP contribution in [0.5, 0.6) is 0 Å². The Hall–Kier alpha value is -2.77. The summed E-state index contributed by atoms with van der Waals surface area (Å²) in [4.78, 5) is 21.3. The molecule has 8 nitrogen and oxygen atoms in total. The van der Waals surface area contributed by atoms with Gasteiger partial charge >= 0.3 is 0 Å². The number of amides is 1. The van der Waals surface area contributed by atoms with E-state index in [9.17, 15) is 4.79 Å². The van der Waals surface area contributed by atoms with Crippen LogP contribution < -0.4 is 5.32 Å². The van der Waals surface area contributed by atoms with E-state index < -0.39 is 0 Å². The van der Waals surface area contributed by atoms with Crippen molar-refractivity contribution in [2.45, 2.75) is 31.7 Å². The standard InChI is InChI=1S/C15H17N7O/c1-9(11-5-6-21(2)20-11)18-14(23)13-7-12(10-3-4-10)19-15-16-8-17-22(13)15/h5-10H,3-4H2,1-2H3,(H,18,23)/t9-/m1/s1. The van der Waals surface area contributed by atoms with Crippen molar-refractivity contribution in [3.05, 3.63) is 41.7 Å². The van der Waals surface area contributed by atoms with Crippen molar-refractivity contribution in [3.63, 3.8) is 0 Å². The zero-order chi connectivity index (χ0) is 16.0. The topological polar surface area (TPSA) is 90.0 Å². The summed E-state index contributed by atoms with van der Waals surface area (Å²) in [5, 5.41) is 11.4. The number of rotatable bonds is 4. The Morgan fingerprint density at radius 2 is 2.26 bits per heavy atom. The molecule has 3 aromatic rings. The highest BCUT2D eigenvalue weighted by Gasteiger charge is 2.28. The van der Waals surface area contributed by atoms with E-state index in [4.69, 9.17) is 0 Å². The average Bonchev–Trinajstić information content (AvgIpc) is 3.11. The Morgan fingerprint density at radius 1 is 1.43 bits per heavy atom. The number of carbonyl (C=O) groups excluding carboxylic acids is 1. The zero-order valence-corrected chi connectivity index (χ0v) is 13.0. The summed E-state index contributed by atoms with van der Waals surface area (Å²) in [6, 6.07) is 3.51. The largest absolute Gasteiger partial charge is 0.343 e. The summed E-state index contributed by atoms with van der Waals surface area (Å²) in [5.41, 5.74) is 2.19. The predicted octanol–water partition coefficient (Wildman–Crippen LogP) is 1.23. The molecule has 1 saturated carbocycles. The predicted molar refractivity (Wildman–Crippen MR) is 81.8 cm³/mol. The van der Waals surface area contributed by atoms with E-state index in [0.717, 1.165) is 24.2 Å². The van der Waals surface area contributed by atoms with Gasteiger partial charge in [-0.2, -0.15) is 19.7 Å². The number of nitrogens with zero attached hydrogens (tertiary/aromatic N) is 6. The van der Waals surface area contributed by atoms with Gasteiger partial charge in [-0.3, -0.25) is 9.48 Å². The Morgan fingerprint density at radius 3 is 2.96 bits per heavy atom. The molecule has 1 aliphatic carbocycles. The van der Waals surface area contributed by atoms with Crippen LogP contribution in [0.3, 0.4) is 0 Å². The number of hydrogen-bond acceptors (Lipinski definition) is 5. The van der Waals surface area contributed by atoms with Crippen molar-refractivity contribution in [2.75, 3.05) is 0 Å². The number of aryl methyl sites for hydroxylation is 1. The van der Waals surface area contributed by atoms with E-state index in [-0.39, 0.29) is 11.9 Å². The van der Waals surface area contributed by atoms with Gasteiger partial charge in [0.25, 0.3) is 11.7 Å². The molecule has 0 radical (unpaired) electrons. The molecule has 1 N–H and O–H groups in total. The molecule has 1 amide bonds. The van der Waals surface area contributed by atoms with Gasteiger partial charge < -0.3 is 5.32 Å². The summed E-state index contributed by atoms with van der Waals surface area (Å²) < 4.78 is 3.19. The molecule has 0 saturated heterocycles. The van der Waals surface area contributed by atoms with Crippen molar-refractivity contribution in [1.82, 2.24) is 34.7 Å². The van der Waals surface area contributed by atoms with Crippen LogP contribution in [0.1, 0.15) is 53.6 Å². The second kappa shape index (κ2) is 5.15. The van der Waals surface area contributed by atoms with Crippen molar-refractivity contribution >= 4 is 11.7 Å². The maximum Gasteiger partial charge on any atom is 0.270 e. The number of aromatic nitrogens is 6. The first kappa shape index (κ1) is 13.9. The van der Waals surface area contributed by atoms with Crippen LogP contribution in [0.15, 0.2) is 24.7 Å². The van der Waals surface area contributed by atoms with Gasteiger partial charge in [-0.15, -0.1) is 0 Å². The maximum absolute atomic E-state index is 12.7. The lowest BCUT2D eigenvalue weighted by molar-refractivity contribution is 0.0931. The third-order valence-electron chi connectivity index (χ3n) is 4.03. The van der Waals surface area contributed by atoms with Gasteiger partial charge in [-0.05, 0) is 31.9 Å². The van der Waals surface area contributed by atoms with Crippen LogP contribution in [0, 0.1) is 0 Å². The molecule has 0 spiro atoms. The number of carbonyl (C=O) groups is 1. The van der Waals surface area contributed by atoms with Crippen LogP contribution in [-0.4, -0.2) is 35.3 Å². The minimum absolute atomic E-state index is 0.195. The molecule has 8 heteroatoms. The zero-order valence-electron chi connectivity index (χ0n) is 13.0. The van der Waals surface area contributed by atoms with Crippen molar-refractivity contribution in [2.24, 2.45) is 7.05 Å². The van der Waals surface area contributed by atoms with Crippen LogP contribution in [0.2, 0.25) is 0 Å². The molecule has 1 aliphatic rings. The van der Waals surface area contributed by atoms with Gasteiger partial charge in [0.15, 0.2) is 0 Å². The second-order valence-electron chi connectivity index (χ2n) is 5.92. The van der Waals surface area contributed by atoms with E-state index in [0.29, 0.717) is 17.4 Å². The summed E-state index contributed by atoms with van der Waals surface area (Å²) in [6.45, 7) is 1.90. The van der Waals surface area contributed by atoms with Gasteiger partial charge in [-0.25, -0.2) is 4.98 Å². The van der Waals surface area contributed by atoms with Crippen LogP contribution in [0.4, 0.5) is 0 Å². The van der Waals surface area contributed by atoms with Gasteiger partial charge in [0, 0.05) is 24.9 Å². The normalized spacial score (nSPS) is 15.7. The monoisotopic (exact) mass is 311 g/mol. The molecule has 1 fully saturated rings. The smallest absolute Gasteiger partial charge is 0.270 e. The lowest BCUT2D eigenvalue weighted by Crippen LogP contribution is -2.29. The lowest BCUT2D eigenvalue weighted by atomic mass is 10.2. The minimum atomic E-state index is -0.206. The number of nitrogens with one attached hydrogen (secondary N) is 1. The third kappa shape index (κ3) is 2.56. The molecule has 0 bridgehead atoms. The molecule has 118 valence electrons. The lowest BCUT2D eigenvalue weighted by Gasteiger charge is -2.12. The minimum Gasteiger partial charge on any atom is -0.343 e. The van der Waals surface area contributed by atoms with Crippen LogP contribution >= 0.6 is 0 Å². The fourth-order valence-corrected chi connectivity index (χ4v) is 2.59. The fourth-order valence-electron chi connectivity index (χ4n) is 2.59. The molecule has 23 heavy (non-hydrogen) atoms. The maximum atomic E-state index is 12.7. The molecular formula is C15H17N7O. The summed E-state index contributed by atoms with van der Waals surface area (Å²) in [6.07, 6.45) is 5.49. The second-order valence-corrected chi connectivity index (χ2v) is 5.92. The van der Waals surface area contributed by atoms with Crippen molar-refractivity contribution in [1.29, 1.82) is 0 Å². The van der Waals surface area contributed by atoms with Crippen LogP contribution in [0.25, 0.3) is 5.78 Å². The molecule has 3 aromatic heterocycles. The Bertz CT molecular complexity index is 877. The summed E-state index contributed by atoms with van der Waals surface area (Å²) >= 11 is 0. The third-order valence-corrected chi connectivity index (χ3v) is 4.03. The number of hydrogen-bond donors (Lipinski definition) is 1. The van der Waals surface area contributed by atoms with Gasteiger partial charge in [-0.1, -0.05) is 0 Å². The molecule has 1 atom stereocenters. The molecule has 3 heterocycles.